The summed E-state index contributed by atoms with van der Waals surface area (Å²) < 4.78 is 0. The van der Waals surface area contributed by atoms with Crippen LogP contribution < -0.4 is 5.32 Å². The molecule has 0 saturated heterocycles. The lowest BCUT2D eigenvalue weighted by molar-refractivity contribution is 0.324. The van der Waals surface area contributed by atoms with Crippen molar-refractivity contribution in [3.63, 3.8) is 0 Å². The first-order valence-corrected chi connectivity index (χ1v) is 8.23. The molecule has 1 aromatic heterocycles. The third-order valence-corrected chi connectivity index (χ3v) is 3.87. The lowest BCUT2D eigenvalue weighted by Crippen LogP contribution is -2.25. The molecule has 0 aliphatic rings. The fourth-order valence-corrected chi connectivity index (χ4v) is 2.71. The zero-order valence-electron chi connectivity index (χ0n) is 12.6. The summed E-state index contributed by atoms with van der Waals surface area (Å²) in [6.07, 6.45) is 0. The lowest BCUT2D eigenvalue weighted by Gasteiger charge is -2.17. The number of rotatable bonds is 9. The van der Waals surface area contributed by atoms with Gasteiger partial charge in [-0.05, 0) is 26.9 Å². The van der Waals surface area contributed by atoms with Crippen LogP contribution in [0.4, 0.5) is 5.82 Å². The van der Waals surface area contributed by atoms with Crippen molar-refractivity contribution in [1.29, 1.82) is 0 Å². The Hall–Kier alpha value is -0.810. The maximum Gasteiger partial charge on any atom is 0.140 e. The summed E-state index contributed by atoms with van der Waals surface area (Å²) >= 11 is 1.91. The van der Waals surface area contributed by atoms with Gasteiger partial charge in [0.15, 0.2) is 0 Å². The molecule has 1 rings (SSSR count). The van der Waals surface area contributed by atoms with Crippen LogP contribution in [0.25, 0.3) is 0 Å². The van der Waals surface area contributed by atoms with E-state index in [1.54, 1.807) is 0 Å². The Morgan fingerprint density at radius 2 is 1.95 bits per heavy atom. The minimum atomic E-state index is 0.890. The van der Waals surface area contributed by atoms with E-state index in [4.69, 9.17) is 0 Å². The van der Waals surface area contributed by atoms with Crippen LogP contribution in [0, 0.1) is 6.92 Å². The molecular formula is C14H26N4S. The first-order valence-electron chi connectivity index (χ1n) is 7.08. The highest BCUT2D eigenvalue weighted by atomic mass is 32.2. The molecule has 19 heavy (non-hydrogen) atoms. The van der Waals surface area contributed by atoms with Crippen LogP contribution in [0.5, 0.6) is 0 Å². The van der Waals surface area contributed by atoms with Crippen molar-refractivity contribution in [2.75, 3.05) is 37.2 Å². The summed E-state index contributed by atoms with van der Waals surface area (Å²) in [6, 6.07) is 1.99. The van der Waals surface area contributed by atoms with Gasteiger partial charge in [-0.2, -0.15) is 11.8 Å². The Labute approximate surface area is 121 Å². The molecule has 0 amide bonds. The molecule has 1 N–H and O–H groups in total. The molecule has 1 aromatic rings. The predicted octanol–water partition coefficient (Wildman–Crippen LogP) is 2.79. The Morgan fingerprint density at radius 1 is 1.21 bits per heavy atom. The molecule has 0 aromatic carbocycles. The molecule has 0 spiro atoms. The van der Waals surface area contributed by atoms with Crippen LogP contribution in [0.15, 0.2) is 6.07 Å². The molecule has 0 unspecified atom stereocenters. The number of anilines is 1. The van der Waals surface area contributed by atoms with Gasteiger partial charge in [0.2, 0.25) is 0 Å². The van der Waals surface area contributed by atoms with Gasteiger partial charge in [0, 0.05) is 30.6 Å². The second-order valence-electron chi connectivity index (χ2n) is 4.42. The largest absolute Gasteiger partial charge is 0.370 e. The Balaban J connectivity index is 2.40. The first kappa shape index (κ1) is 16.2. The fraction of sp³-hybridized carbons (Fsp3) is 0.714. The first-order chi connectivity index (χ1) is 9.19. The summed E-state index contributed by atoms with van der Waals surface area (Å²) in [5.74, 6) is 3.89. The minimum Gasteiger partial charge on any atom is -0.370 e. The Morgan fingerprint density at radius 3 is 2.58 bits per heavy atom. The van der Waals surface area contributed by atoms with E-state index < -0.39 is 0 Å². The number of thioether (sulfide) groups is 1. The quantitative estimate of drug-likeness (QED) is 0.705. The van der Waals surface area contributed by atoms with E-state index in [0.29, 0.717) is 0 Å². The SMILES string of the molecule is CCNc1cc(C)nc(CSCCN(CC)CC)n1. The molecule has 0 atom stereocenters. The van der Waals surface area contributed by atoms with Crippen molar-refractivity contribution in [3.8, 4) is 0 Å². The van der Waals surface area contributed by atoms with Crippen LogP contribution in [-0.4, -0.2) is 46.8 Å². The molecule has 1 heterocycles. The molecular weight excluding hydrogens is 256 g/mol. The average molecular weight is 282 g/mol. The number of hydrogen-bond acceptors (Lipinski definition) is 5. The van der Waals surface area contributed by atoms with Crippen LogP contribution in [0.1, 0.15) is 32.3 Å². The molecule has 5 heteroatoms. The zero-order chi connectivity index (χ0) is 14.1. The van der Waals surface area contributed by atoms with Gasteiger partial charge >= 0.3 is 0 Å². The summed E-state index contributed by atoms with van der Waals surface area (Å²) in [6.45, 7) is 12.8. The molecule has 4 nitrogen and oxygen atoms in total. The van der Waals surface area contributed by atoms with Gasteiger partial charge in [-0.3, -0.25) is 0 Å². The van der Waals surface area contributed by atoms with Crippen LogP contribution in [0.2, 0.25) is 0 Å². The topological polar surface area (TPSA) is 41.1 Å². The summed E-state index contributed by atoms with van der Waals surface area (Å²) in [4.78, 5) is 11.4. The normalized spacial score (nSPS) is 11.0. The molecule has 0 saturated carbocycles. The van der Waals surface area contributed by atoms with E-state index in [9.17, 15) is 0 Å². The van der Waals surface area contributed by atoms with Crippen LogP contribution in [-0.2, 0) is 5.75 Å². The van der Waals surface area contributed by atoms with Crippen molar-refractivity contribution >= 4 is 17.6 Å². The molecule has 0 fully saturated rings. The van der Waals surface area contributed by atoms with Crippen molar-refractivity contribution in [3.05, 3.63) is 17.6 Å². The highest BCUT2D eigenvalue weighted by molar-refractivity contribution is 7.98. The van der Waals surface area contributed by atoms with E-state index in [2.05, 4.69) is 41.0 Å². The molecule has 0 aliphatic carbocycles. The Bertz CT molecular complexity index is 366. The van der Waals surface area contributed by atoms with Gasteiger partial charge in [0.25, 0.3) is 0 Å². The number of hydrogen-bond donors (Lipinski definition) is 1. The Kier molecular flexibility index (Phi) is 7.82. The van der Waals surface area contributed by atoms with Crippen LogP contribution in [0.3, 0.4) is 0 Å². The van der Waals surface area contributed by atoms with Crippen molar-refractivity contribution in [1.82, 2.24) is 14.9 Å². The van der Waals surface area contributed by atoms with Crippen molar-refractivity contribution in [2.45, 2.75) is 33.4 Å². The zero-order valence-corrected chi connectivity index (χ0v) is 13.4. The predicted molar refractivity (Wildman–Crippen MR) is 84.9 cm³/mol. The number of nitrogens with zero attached hydrogens (tertiary/aromatic N) is 3. The van der Waals surface area contributed by atoms with Gasteiger partial charge < -0.3 is 10.2 Å². The van der Waals surface area contributed by atoms with Crippen molar-refractivity contribution < 1.29 is 0 Å². The minimum absolute atomic E-state index is 0.890. The molecule has 0 bridgehead atoms. The third-order valence-electron chi connectivity index (χ3n) is 2.94. The highest BCUT2D eigenvalue weighted by Gasteiger charge is 2.03. The van der Waals surface area contributed by atoms with Gasteiger partial charge in [-0.1, -0.05) is 13.8 Å². The summed E-state index contributed by atoms with van der Waals surface area (Å²) in [7, 11) is 0. The molecule has 0 aliphatic heterocycles. The monoisotopic (exact) mass is 282 g/mol. The van der Waals surface area contributed by atoms with Gasteiger partial charge in [0.05, 0.1) is 5.75 Å². The van der Waals surface area contributed by atoms with Gasteiger partial charge in [0.1, 0.15) is 11.6 Å². The van der Waals surface area contributed by atoms with E-state index in [0.717, 1.165) is 55.0 Å². The second kappa shape index (κ2) is 9.15. The smallest absolute Gasteiger partial charge is 0.140 e. The van der Waals surface area contributed by atoms with E-state index >= 15 is 0 Å². The number of aryl methyl sites for hydroxylation is 1. The lowest BCUT2D eigenvalue weighted by atomic mass is 10.4. The fourth-order valence-electron chi connectivity index (χ4n) is 1.86. The maximum absolute atomic E-state index is 4.52. The molecule has 108 valence electrons. The van der Waals surface area contributed by atoms with Crippen LogP contribution >= 0.6 is 11.8 Å². The van der Waals surface area contributed by atoms with Gasteiger partial charge in [-0.15, -0.1) is 0 Å². The van der Waals surface area contributed by atoms with Crippen molar-refractivity contribution in [2.24, 2.45) is 0 Å². The van der Waals surface area contributed by atoms with E-state index in [-0.39, 0.29) is 0 Å². The number of nitrogens with one attached hydrogen (secondary N) is 1. The summed E-state index contributed by atoms with van der Waals surface area (Å²) in [5, 5.41) is 3.25. The average Bonchev–Trinajstić information content (AvgIpc) is 2.39. The maximum atomic E-state index is 4.52. The van der Waals surface area contributed by atoms with E-state index in [1.165, 1.54) is 0 Å². The standard InChI is InChI=1S/C14H26N4S/c1-5-15-13-10-12(4)16-14(17-13)11-19-9-8-18(6-2)7-3/h10H,5-9,11H2,1-4H3,(H,15,16,17). The summed E-state index contributed by atoms with van der Waals surface area (Å²) in [5.41, 5.74) is 1.03. The number of aromatic nitrogens is 2. The molecule has 0 radical (unpaired) electrons. The highest BCUT2D eigenvalue weighted by Crippen LogP contribution is 2.12. The van der Waals surface area contributed by atoms with Gasteiger partial charge in [-0.25, -0.2) is 9.97 Å². The second-order valence-corrected chi connectivity index (χ2v) is 5.53. The van der Waals surface area contributed by atoms with E-state index in [1.807, 2.05) is 24.8 Å². The third kappa shape index (κ3) is 6.25.